The number of morpholine rings is 1. The van der Waals surface area contributed by atoms with E-state index >= 15 is 0 Å². The summed E-state index contributed by atoms with van der Waals surface area (Å²) in [4.78, 5) is 24.1. The van der Waals surface area contributed by atoms with E-state index in [1.165, 1.54) is 11.8 Å². The molecule has 1 N–H and O–H groups in total. The summed E-state index contributed by atoms with van der Waals surface area (Å²) < 4.78 is 21.9. The molecule has 0 radical (unpaired) electrons. The molecular formula is C24H26N4O5S. The molecule has 0 bridgehead atoms. The SMILES string of the molecule is CCc1cc(N2CCOCC2)nc(SCc2ccc(C(=O)NCc3ccc4c(c3)OCO4)o2)n1. The standard InChI is InChI=1S/C24H26N4O5S/c1-2-17-12-22(28-7-9-30-10-8-28)27-24(26-17)34-14-18-4-6-20(33-18)23(29)25-13-16-3-5-19-21(11-16)32-15-31-19/h3-6,11-12H,2,7-10,13-15H2,1H3,(H,25,29). The molecule has 1 saturated heterocycles. The monoisotopic (exact) mass is 482 g/mol. The Balaban J connectivity index is 1.18. The number of carbonyl (C=O) groups is 1. The molecule has 0 atom stereocenters. The maximum Gasteiger partial charge on any atom is 0.287 e. The van der Waals surface area contributed by atoms with Gasteiger partial charge in [0.05, 0.1) is 19.0 Å². The molecule has 10 heteroatoms. The third-order valence-corrected chi connectivity index (χ3v) is 6.43. The molecule has 0 unspecified atom stereocenters. The second-order valence-electron chi connectivity index (χ2n) is 7.88. The third-order valence-electron chi connectivity index (χ3n) is 5.56. The highest BCUT2D eigenvalue weighted by Gasteiger charge is 2.17. The Morgan fingerprint density at radius 2 is 1.94 bits per heavy atom. The van der Waals surface area contributed by atoms with Crippen LogP contribution in [0.5, 0.6) is 11.5 Å². The Kier molecular flexibility index (Phi) is 6.87. The summed E-state index contributed by atoms with van der Waals surface area (Å²) in [5.74, 6) is 3.56. The van der Waals surface area contributed by atoms with E-state index in [1.807, 2.05) is 30.3 Å². The number of nitrogens with zero attached hydrogens (tertiary/aromatic N) is 3. The number of furan rings is 1. The average Bonchev–Trinajstić information content (AvgIpc) is 3.56. The molecule has 178 valence electrons. The molecular weight excluding hydrogens is 456 g/mol. The molecule has 1 fully saturated rings. The van der Waals surface area contributed by atoms with E-state index in [2.05, 4.69) is 22.1 Å². The van der Waals surface area contributed by atoms with Gasteiger partial charge in [0.1, 0.15) is 11.6 Å². The highest BCUT2D eigenvalue weighted by atomic mass is 32.2. The number of nitrogens with one attached hydrogen (secondary N) is 1. The van der Waals surface area contributed by atoms with Gasteiger partial charge in [-0.3, -0.25) is 4.79 Å². The van der Waals surface area contributed by atoms with E-state index in [9.17, 15) is 4.79 Å². The highest BCUT2D eigenvalue weighted by Crippen LogP contribution is 2.32. The minimum absolute atomic E-state index is 0.223. The number of benzene rings is 1. The third kappa shape index (κ3) is 5.28. The summed E-state index contributed by atoms with van der Waals surface area (Å²) in [5.41, 5.74) is 1.92. The number of aromatic nitrogens is 2. The first-order chi connectivity index (χ1) is 16.7. The molecule has 4 heterocycles. The van der Waals surface area contributed by atoms with Crippen LogP contribution in [0.3, 0.4) is 0 Å². The number of hydrogen-bond donors (Lipinski definition) is 1. The van der Waals surface area contributed by atoms with Crippen LogP contribution in [-0.2, 0) is 23.5 Å². The molecule has 9 nitrogen and oxygen atoms in total. The lowest BCUT2D eigenvalue weighted by atomic mass is 10.2. The minimum Gasteiger partial charge on any atom is -0.455 e. The van der Waals surface area contributed by atoms with Crippen LogP contribution in [0.4, 0.5) is 5.82 Å². The summed E-state index contributed by atoms with van der Waals surface area (Å²) in [6.45, 7) is 5.74. The molecule has 1 amide bonds. The topological polar surface area (TPSA) is 99.0 Å². The van der Waals surface area contributed by atoms with Gasteiger partial charge in [-0.25, -0.2) is 9.97 Å². The molecule has 5 rings (SSSR count). The Hall–Kier alpha value is -3.24. The summed E-state index contributed by atoms with van der Waals surface area (Å²) in [7, 11) is 0. The first-order valence-electron chi connectivity index (χ1n) is 11.3. The number of fused-ring (bicyclic) bond motifs is 1. The van der Waals surface area contributed by atoms with Gasteiger partial charge in [0.2, 0.25) is 6.79 Å². The predicted molar refractivity (Wildman–Crippen MR) is 126 cm³/mol. The summed E-state index contributed by atoms with van der Waals surface area (Å²) in [5, 5.41) is 3.58. The molecule has 3 aromatic rings. The van der Waals surface area contributed by atoms with Gasteiger partial charge in [0, 0.05) is 31.4 Å². The van der Waals surface area contributed by atoms with Crippen LogP contribution in [-0.4, -0.2) is 49.0 Å². The molecule has 1 aromatic carbocycles. The molecule has 2 aliphatic rings. The van der Waals surface area contributed by atoms with Crippen LogP contribution in [0, 0.1) is 0 Å². The Bertz CT molecular complexity index is 1160. The summed E-state index contributed by atoms with van der Waals surface area (Å²) >= 11 is 1.50. The molecule has 0 saturated carbocycles. The lowest BCUT2D eigenvalue weighted by Gasteiger charge is -2.28. The number of ether oxygens (including phenoxy) is 3. The van der Waals surface area contributed by atoms with Crippen LogP contribution in [0.15, 0.2) is 46.0 Å². The highest BCUT2D eigenvalue weighted by molar-refractivity contribution is 7.98. The Morgan fingerprint density at radius 3 is 2.79 bits per heavy atom. The van der Waals surface area contributed by atoms with Gasteiger partial charge in [0.25, 0.3) is 5.91 Å². The number of thioether (sulfide) groups is 1. The summed E-state index contributed by atoms with van der Waals surface area (Å²) in [6.07, 6.45) is 0.835. The fourth-order valence-electron chi connectivity index (χ4n) is 3.69. The van der Waals surface area contributed by atoms with Crippen LogP contribution < -0.4 is 19.7 Å². The average molecular weight is 483 g/mol. The van der Waals surface area contributed by atoms with Crippen LogP contribution in [0.25, 0.3) is 0 Å². The lowest BCUT2D eigenvalue weighted by Crippen LogP contribution is -2.37. The van der Waals surface area contributed by atoms with Crippen molar-refractivity contribution in [3.63, 3.8) is 0 Å². The molecule has 34 heavy (non-hydrogen) atoms. The van der Waals surface area contributed by atoms with Crippen molar-refractivity contribution < 1.29 is 23.4 Å². The van der Waals surface area contributed by atoms with Crippen molar-refractivity contribution in [3.8, 4) is 11.5 Å². The molecule has 2 aromatic heterocycles. The number of rotatable bonds is 8. The van der Waals surface area contributed by atoms with Gasteiger partial charge in [-0.2, -0.15) is 0 Å². The second-order valence-corrected chi connectivity index (χ2v) is 8.82. The number of hydrogen-bond acceptors (Lipinski definition) is 9. The fourth-order valence-corrected chi connectivity index (χ4v) is 4.46. The van der Waals surface area contributed by atoms with E-state index in [0.29, 0.717) is 47.9 Å². The Labute approximate surface area is 201 Å². The maximum atomic E-state index is 12.5. The molecule has 0 spiro atoms. The Morgan fingerprint density at radius 1 is 1.09 bits per heavy atom. The van der Waals surface area contributed by atoms with Crippen molar-refractivity contribution in [2.24, 2.45) is 0 Å². The second kappa shape index (κ2) is 10.4. The van der Waals surface area contributed by atoms with Crippen molar-refractivity contribution in [2.45, 2.75) is 30.8 Å². The zero-order chi connectivity index (χ0) is 23.3. The first kappa shape index (κ1) is 22.5. The maximum absolute atomic E-state index is 12.5. The zero-order valence-electron chi connectivity index (χ0n) is 18.9. The number of anilines is 1. The van der Waals surface area contributed by atoms with Gasteiger partial charge in [0.15, 0.2) is 22.4 Å². The van der Waals surface area contributed by atoms with E-state index in [0.717, 1.165) is 36.6 Å². The van der Waals surface area contributed by atoms with Crippen molar-refractivity contribution in [3.05, 3.63) is 59.2 Å². The van der Waals surface area contributed by atoms with E-state index in [4.69, 9.17) is 23.6 Å². The predicted octanol–water partition coefficient (Wildman–Crippen LogP) is 3.42. The fraction of sp³-hybridized carbons (Fsp3) is 0.375. The smallest absolute Gasteiger partial charge is 0.287 e. The van der Waals surface area contributed by atoms with Gasteiger partial charge in [-0.1, -0.05) is 24.8 Å². The number of carbonyl (C=O) groups excluding carboxylic acids is 1. The largest absolute Gasteiger partial charge is 0.455 e. The van der Waals surface area contributed by atoms with Gasteiger partial charge >= 0.3 is 0 Å². The van der Waals surface area contributed by atoms with Crippen molar-refractivity contribution >= 4 is 23.5 Å². The lowest BCUT2D eigenvalue weighted by molar-refractivity contribution is 0.0921. The number of amides is 1. The van der Waals surface area contributed by atoms with Crippen molar-refractivity contribution in [1.82, 2.24) is 15.3 Å². The van der Waals surface area contributed by atoms with E-state index in [-0.39, 0.29) is 18.5 Å². The van der Waals surface area contributed by atoms with Crippen molar-refractivity contribution in [2.75, 3.05) is 38.0 Å². The van der Waals surface area contributed by atoms with Gasteiger partial charge < -0.3 is 28.8 Å². The van der Waals surface area contributed by atoms with Crippen LogP contribution >= 0.6 is 11.8 Å². The quantitative estimate of drug-likeness (QED) is 0.382. The molecule has 2 aliphatic heterocycles. The number of aryl methyl sites for hydroxylation is 1. The first-order valence-corrected chi connectivity index (χ1v) is 12.3. The van der Waals surface area contributed by atoms with Gasteiger partial charge in [-0.15, -0.1) is 0 Å². The van der Waals surface area contributed by atoms with E-state index < -0.39 is 0 Å². The zero-order valence-corrected chi connectivity index (χ0v) is 19.7. The van der Waals surface area contributed by atoms with E-state index in [1.54, 1.807) is 6.07 Å². The van der Waals surface area contributed by atoms with Gasteiger partial charge in [-0.05, 0) is 36.2 Å². The summed E-state index contributed by atoms with van der Waals surface area (Å²) in [6, 6.07) is 11.1. The van der Waals surface area contributed by atoms with Crippen molar-refractivity contribution in [1.29, 1.82) is 0 Å². The normalized spacial score (nSPS) is 14.9. The minimum atomic E-state index is -0.271. The van der Waals surface area contributed by atoms with Crippen LogP contribution in [0.1, 0.15) is 34.5 Å². The van der Waals surface area contributed by atoms with Crippen LogP contribution in [0.2, 0.25) is 0 Å². The molecule has 0 aliphatic carbocycles.